The molecule has 1 aromatic heterocycles. The van der Waals surface area contributed by atoms with Crippen LogP contribution in [0, 0.1) is 5.92 Å². The van der Waals surface area contributed by atoms with Crippen molar-refractivity contribution >= 4 is 42.2 Å². The number of amides is 1. The van der Waals surface area contributed by atoms with Crippen molar-refractivity contribution in [3.8, 4) is 17.1 Å². The fourth-order valence-corrected chi connectivity index (χ4v) is 4.01. The zero-order valence-electron chi connectivity index (χ0n) is 19.5. The smallest absolute Gasteiger partial charge is 0.258 e. The lowest BCUT2D eigenvalue weighted by molar-refractivity contribution is -0.123. The van der Waals surface area contributed by atoms with E-state index < -0.39 is 0 Å². The lowest BCUT2D eigenvalue weighted by Gasteiger charge is -2.19. The Morgan fingerprint density at radius 3 is 2.94 bits per heavy atom. The molecule has 174 valence electrons. The molecule has 0 bridgehead atoms. The first-order valence-electron chi connectivity index (χ1n) is 11.5. The van der Waals surface area contributed by atoms with E-state index in [0.717, 1.165) is 22.2 Å². The van der Waals surface area contributed by atoms with Crippen molar-refractivity contribution < 1.29 is 9.53 Å². The second-order valence-corrected chi connectivity index (χ2v) is 8.83. The van der Waals surface area contributed by atoms with Gasteiger partial charge in [-0.25, -0.2) is 9.97 Å². The summed E-state index contributed by atoms with van der Waals surface area (Å²) < 4.78 is 5.69. The van der Waals surface area contributed by atoms with E-state index in [1.165, 1.54) is 0 Å². The molecule has 0 saturated carbocycles. The first kappa shape index (κ1) is 22.6. The maximum Gasteiger partial charge on any atom is 0.258 e. The Hall–Kier alpha value is -4.14. The molecule has 2 aromatic carbocycles. The standard InChI is InChI=1S/C26H25BN6O2/c1-15(2)29-24(34)14-35-20-5-3-4-16(11-20)25-31-23-8-6-18(27)12-21(23)26(32-25)30-19-7-9-22-17(10-19)13-28-33-22/h3-13,15,17,22,33H,14H2,1-2H3,(H,29,34)(H,30,31,32). The number of fused-ring (bicyclic) bond motifs is 2. The number of benzene rings is 2. The fourth-order valence-electron chi connectivity index (χ4n) is 4.01. The summed E-state index contributed by atoms with van der Waals surface area (Å²) >= 11 is 0. The number of carbonyl (C=O) groups excluding carboxylic acids is 1. The number of anilines is 1. The highest BCUT2D eigenvalue weighted by Gasteiger charge is 2.23. The molecule has 9 heteroatoms. The molecular weight excluding hydrogens is 439 g/mol. The Labute approximate surface area is 205 Å². The van der Waals surface area contributed by atoms with E-state index >= 15 is 0 Å². The minimum atomic E-state index is -0.171. The topological polar surface area (TPSA) is 101 Å². The molecule has 2 radical (unpaired) electrons. The number of nitrogens with zero attached hydrogens (tertiary/aromatic N) is 3. The van der Waals surface area contributed by atoms with E-state index in [2.05, 4.69) is 33.3 Å². The van der Waals surface area contributed by atoms with Crippen LogP contribution in [0.2, 0.25) is 0 Å². The van der Waals surface area contributed by atoms with Gasteiger partial charge in [0.1, 0.15) is 19.4 Å². The van der Waals surface area contributed by atoms with Crippen LogP contribution in [0.15, 0.2) is 71.5 Å². The predicted molar refractivity (Wildman–Crippen MR) is 139 cm³/mol. The molecule has 0 spiro atoms. The van der Waals surface area contributed by atoms with Gasteiger partial charge in [0.2, 0.25) is 0 Å². The second-order valence-electron chi connectivity index (χ2n) is 8.83. The van der Waals surface area contributed by atoms with Gasteiger partial charge in [-0.3, -0.25) is 4.79 Å². The number of hydrogen-bond donors (Lipinski definition) is 3. The summed E-state index contributed by atoms with van der Waals surface area (Å²) in [5.41, 5.74) is 6.16. The first-order valence-corrected chi connectivity index (χ1v) is 11.5. The average Bonchev–Trinajstić information content (AvgIpc) is 3.31. The van der Waals surface area contributed by atoms with Gasteiger partial charge in [0, 0.05) is 34.8 Å². The van der Waals surface area contributed by atoms with Crippen LogP contribution in [-0.4, -0.2) is 48.6 Å². The molecule has 1 aliphatic carbocycles. The summed E-state index contributed by atoms with van der Waals surface area (Å²) in [6, 6.07) is 13.2. The highest BCUT2D eigenvalue weighted by atomic mass is 16.5. The molecule has 8 nitrogen and oxygen atoms in total. The molecule has 2 heterocycles. The van der Waals surface area contributed by atoms with Crippen LogP contribution >= 0.6 is 0 Å². The van der Waals surface area contributed by atoms with Crippen LogP contribution in [-0.2, 0) is 4.79 Å². The summed E-state index contributed by atoms with van der Waals surface area (Å²) in [6.45, 7) is 3.75. The molecular formula is C26H25BN6O2. The zero-order valence-corrected chi connectivity index (χ0v) is 19.5. The second kappa shape index (κ2) is 9.62. The number of nitrogens with one attached hydrogen (secondary N) is 3. The van der Waals surface area contributed by atoms with Crippen molar-refractivity contribution in [2.45, 2.75) is 25.9 Å². The largest absolute Gasteiger partial charge is 0.484 e. The summed E-state index contributed by atoms with van der Waals surface area (Å²) in [4.78, 5) is 21.5. The van der Waals surface area contributed by atoms with Crippen molar-refractivity contribution in [2.75, 3.05) is 11.9 Å². The number of carbonyl (C=O) groups is 1. The Morgan fingerprint density at radius 1 is 1.20 bits per heavy atom. The monoisotopic (exact) mass is 464 g/mol. The average molecular weight is 464 g/mol. The van der Waals surface area contributed by atoms with Gasteiger partial charge in [-0.2, -0.15) is 5.10 Å². The third-order valence-corrected chi connectivity index (χ3v) is 5.63. The van der Waals surface area contributed by atoms with Crippen LogP contribution in [0.3, 0.4) is 0 Å². The maximum atomic E-state index is 12.0. The van der Waals surface area contributed by atoms with Crippen molar-refractivity contribution in [3.05, 3.63) is 66.4 Å². The molecule has 1 aliphatic heterocycles. The molecule has 1 amide bonds. The van der Waals surface area contributed by atoms with Crippen LogP contribution in [0.25, 0.3) is 22.3 Å². The van der Waals surface area contributed by atoms with Crippen molar-refractivity contribution in [2.24, 2.45) is 11.0 Å². The van der Waals surface area contributed by atoms with Gasteiger partial charge in [0.15, 0.2) is 12.4 Å². The lowest BCUT2D eigenvalue weighted by Crippen LogP contribution is -2.34. The highest BCUT2D eigenvalue weighted by molar-refractivity contribution is 6.33. The molecule has 0 saturated heterocycles. The van der Waals surface area contributed by atoms with Crippen molar-refractivity contribution in [3.63, 3.8) is 0 Å². The van der Waals surface area contributed by atoms with E-state index in [1.54, 1.807) is 6.07 Å². The fraction of sp³-hybridized carbons (Fsp3) is 0.231. The van der Waals surface area contributed by atoms with Crippen LogP contribution < -0.4 is 26.3 Å². The van der Waals surface area contributed by atoms with Crippen LogP contribution in [0.4, 0.5) is 5.82 Å². The zero-order chi connectivity index (χ0) is 24.4. The molecule has 2 atom stereocenters. The molecule has 2 aliphatic rings. The van der Waals surface area contributed by atoms with Crippen LogP contribution in [0.5, 0.6) is 5.75 Å². The van der Waals surface area contributed by atoms with Gasteiger partial charge in [0.05, 0.1) is 11.6 Å². The number of ether oxygens (including phenoxy) is 1. The number of allylic oxidation sites excluding steroid dienone is 1. The highest BCUT2D eigenvalue weighted by Crippen LogP contribution is 2.28. The summed E-state index contributed by atoms with van der Waals surface area (Å²) in [5.74, 6) is 1.76. The summed E-state index contributed by atoms with van der Waals surface area (Å²) in [7, 11) is 6.07. The van der Waals surface area contributed by atoms with E-state index in [4.69, 9.17) is 22.6 Å². The third-order valence-electron chi connectivity index (χ3n) is 5.63. The molecule has 0 fully saturated rings. The SMILES string of the molecule is [B]c1ccc2nc(-c3cccc(OCC(=O)NC(C)C)c3)nc(NC3=CC4C=NNC4C=C3)c2c1. The van der Waals surface area contributed by atoms with Gasteiger partial charge < -0.3 is 20.8 Å². The molecule has 35 heavy (non-hydrogen) atoms. The summed E-state index contributed by atoms with van der Waals surface area (Å²) in [5, 5.41) is 11.2. The molecule has 5 rings (SSSR count). The van der Waals surface area contributed by atoms with Crippen molar-refractivity contribution in [1.29, 1.82) is 0 Å². The van der Waals surface area contributed by atoms with Crippen LogP contribution in [0.1, 0.15) is 13.8 Å². The Balaban J connectivity index is 1.45. The van der Waals surface area contributed by atoms with Gasteiger partial charge in [-0.05, 0) is 44.2 Å². The number of hydrazone groups is 1. The lowest BCUT2D eigenvalue weighted by atomic mass is 9.94. The van der Waals surface area contributed by atoms with Gasteiger partial charge in [0.25, 0.3) is 5.91 Å². The molecule has 2 unspecified atom stereocenters. The Morgan fingerprint density at radius 2 is 2.09 bits per heavy atom. The van der Waals surface area contributed by atoms with Crippen molar-refractivity contribution in [1.82, 2.24) is 20.7 Å². The van der Waals surface area contributed by atoms with Gasteiger partial charge in [-0.15, -0.1) is 0 Å². The van der Waals surface area contributed by atoms with Gasteiger partial charge in [-0.1, -0.05) is 35.8 Å². The number of rotatable bonds is 7. The summed E-state index contributed by atoms with van der Waals surface area (Å²) in [6.07, 6.45) is 8.10. The van der Waals surface area contributed by atoms with Gasteiger partial charge >= 0.3 is 0 Å². The minimum absolute atomic E-state index is 0.0561. The molecule has 3 N–H and O–H groups in total. The maximum absolute atomic E-state index is 12.0. The number of hydrogen-bond acceptors (Lipinski definition) is 7. The first-order chi connectivity index (χ1) is 16.9. The quantitative estimate of drug-likeness (QED) is 0.465. The van der Waals surface area contributed by atoms with E-state index in [1.807, 2.05) is 62.5 Å². The molecule has 3 aromatic rings. The van der Waals surface area contributed by atoms with E-state index in [9.17, 15) is 4.79 Å². The Kier molecular flexibility index (Phi) is 6.22. The predicted octanol–water partition coefficient (Wildman–Crippen LogP) is 2.43. The van der Waals surface area contributed by atoms with E-state index in [-0.39, 0.29) is 30.5 Å². The normalized spacial score (nSPS) is 18.2. The Bertz CT molecular complexity index is 1370. The number of aromatic nitrogens is 2. The minimum Gasteiger partial charge on any atom is -0.484 e. The van der Waals surface area contributed by atoms with E-state index in [0.29, 0.717) is 22.9 Å². The third kappa shape index (κ3) is 5.19.